The van der Waals surface area contributed by atoms with E-state index in [0.717, 1.165) is 45.3 Å². The molecular weight excluding hydrogens is 280 g/mol. The molecule has 0 aromatic carbocycles. The first-order chi connectivity index (χ1) is 10.5. The van der Waals surface area contributed by atoms with Crippen LogP contribution in [0.15, 0.2) is 12.4 Å². The summed E-state index contributed by atoms with van der Waals surface area (Å²) in [6.07, 6.45) is 7.68. The molecule has 0 N–H and O–H groups in total. The second-order valence-electron chi connectivity index (χ2n) is 6.86. The summed E-state index contributed by atoms with van der Waals surface area (Å²) in [4.78, 5) is 16.2. The third-order valence-corrected chi connectivity index (χ3v) is 4.90. The van der Waals surface area contributed by atoms with Crippen LogP contribution >= 0.6 is 0 Å². The smallest absolute Gasteiger partial charge is 0.251 e. The monoisotopic (exact) mass is 306 g/mol. The number of hydrogen-bond acceptors (Lipinski definition) is 4. The summed E-state index contributed by atoms with van der Waals surface area (Å²) in [5.41, 5.74) is 1.19. The van der Waals surface area contributed by atoms with Crippen molar-refractivity contribution in [2.75, 3.05) is 27.2 Å². The molecule has 2 aliphatic rings. The third-order valence-electron chi connectivity index (χ3n) is 4.90. The number of aromatic nitrogens is 2. The van der Waals surface area contributed by atoms with Crippen LogP contribution in [0, 0.1) is 0 Å². The second-order valence-corrected chi connectivity index (χ2v) is 6.86. The Balaban J connectivity index is 1.52. The van der Waals surface area contributed by atoms with Gasteiger partial charge in [0.25, 0.3) is 5.91 Å². The highest BCUT2D eigenvalue weighted by molar-refractivity contribution is 5.80. The molecule has 6 nitrogen and oxygen atoms in total. The van der Waals surface area contributed by atoms with E-state index in [1.54, 1.807) is 19.0 Å². The Morgan fingerprint density at radius 2 is 2.14 bits per heavy atom. The predicted molar refractivity (Wildman–Crippen MR) is 83.3 cm³/mol. The predicted octanol–water partition coefficient (Wildman–Crippen LogP) is 1.02. The molecule has 1 aromatic heterocycles. The number of aryl methyl sites for hydroxylation is 1. The van der Waals surface area contributed by atoms with Gasteiger partial charge >= 0.3 is 0 Å². The van der Waals surface area contributed by atoms with Crippen LogP contribution in [0.4, 0.5) is 0 Å². The average Bonchev–Trinajstić information content (AvgIpc) is 3.08. The van der Waals surface area contributed by atoms with E-state index in [-0.39, 0.29) is 17.6 Å². The molecule has 2 saturated heterocycles. The summed E-state index contributed by atoms with van der Waals surface area (Å²) in [5, 5.41) is 4.22. The standard InChI is InChI=1S/C16H26N4O2/c1-18(2)15(21)14-4-5-16(22-14)6-8-20(9-7-16)12-13-10-17-19(3)11-13/h10-11,14H,4-9,12H2,1-3H3. The van der Waals surface area contributed by atoms with E-state index in [9.17, 15) is 4.79 Å². The maximum absolute atomic E-state index is 12.1. The summed E-state index contributed by atoms with van der Waals surface area (Å²) in [6.45, 7) is 3.00. The molecule has 2 fully saturated rings. The number of ether oxygens (including phenoxy) is 1. The van der Waals surface area contributed by atoms with Crippen LogP contribution in [0.25, 0.3) is 0 Å². The van der Waals surface area contributed by atoms with Gasteiger partial charge in [-0.1, -0.05) is 0 Å². The topological polar surface area (TPSA) is 50.6 Å². The van der Waals surface area contributed by atoms with Gasteiger partial charge in [-0.3, -0.25) is 14.4 Å². The number of likely N-dealkylation sites (tertiary alicyclic amines) is 1. The Morgan fingerprint density at radius 1 is 1.41 bits per heavy atom. The zero-order valence-corrected chi connectivity index (χ0v) is 13.8. The lowest BCUT2D eigenvalue weighted by Crippen LogP contribution is -2.45. The highest BCUT2D eigenvalue weighted by Crippen LogP contribution is 2.39. The number of carbonyl (C=O) groups excluding carboxylic acids is 1. The number of nitrogens with zero attached hydrogens (tertiary/aromatic N) is 4. The van der Waals surface area contributed by atoms with Crippen molar-refractivity contribution in [1.29, 1.82) is 0 Å². The fraction of sp³-hybridized carbons (Fsp3) is 0.750. The molecule has 1 spiro atoms. The highest BCUT2D eigenvalue weighted by Gasteiger charge is 2.44. The molecule has 1 amide bonds. The van der Waals surface area contributed by atoms with Crippen molar-refractivity contribution in [2.24, 2.45) is 7.05 Å². The number of hydrogen-bond donors (Lipinski definition) is 0. The van der Waals surface area contributed by atoms with Gasteiger partial charge in [0.2, 0.25) is 0 Å². The minimum atomic E-state index is -0.236. The van der Waals surface area contributed by atoms with E-state index in [1.807, 2.05) is 17.9 Å². The van der Waals surface area contributed by atoms with Gasteiger partial charge < -0.3 is 9.64 Å². The first-order valence-electron chi connectivity index (χ1n) is 8.06. The van der Waals surface area contributed by atoms with Crippen molar-refractivity contribution >= 4 is 5.91 Å². The van der Waals surface area contributed by atoms with E-state index >= 15 is 0 Å². The van der Waals surface area contributed by atoms with Crippen LogP contribution in [-0.4, -0.2) is 64.4 Å². The minimum absolute atomic E-state index is 0.0677. The molecule has 0 bridgehead atoms. The second kappa shape index (κ2) is 6.01. The van der Waals surface area contributed by atoms with Gasteiger partial charge in [0.15, 0.2) is 0 Å². The summed E-state index contributed by atoms with van der Waals surface area (Å²) >= 11 is 0. The van der Waals surface area contributed by atoms with Crippen LogP contribution in [-0.2, 0) is 23.1 Å². The molecule has 0 saturated carbocycles. The number of likely N-dealkylation sites (N-methyl/N-ethyl adjacent to an activating group) is 1. The molecule has 1 unspecified atom stereocenters. The molecule has 1 atom stereocenters. The average molecular weight is 306 g/mol. The maximum atomic E-state index is 12.1. The van der Waals surface area contributed by atoms with E-state index in [1.165, 1.54) is 5.56 Å². The van der Waals surface area contributed by atoms with E-state index in [2.05, 4.69) is 16.2 Å². The van der Waals surface area contributed by atoms with Crippen molar-refractivity contribution in [2.45, 2.75) is 43.9 Å². The van der Waals surface area contributed by atoms with Crippen LogP contribution in [0.1, 0.15) is 31.2 Å². The molecule has 3 heterocycles. The fourth-order valence-electron chi connectivity index (χ4n) is 3.57. The Hall–Kier alpha value is -1.40. The van der Waals surface area contributed by atoms with E-state index < -0.39 is 0 Å². The summed E-state index contributed by atoms with van der Waals surface area (Å²) < 4.78 is 8.03. The molecular formula is C16H26N4O2. The molecule has 2 aliphatic heterocycles. The zero-order chi connectivity index (χ0) is 15.7. The maximum Gasteiger partial charge on any atom is 0.251 e. The Bertz CT molecular complexity index is 532. The van der Waals surface area contributed by atoms with E-state index in [0.29, 0.717) is 0 Å². The molecule has 1 aromatic rings. The Kier molecular flexibility index (Phi) is 4.23. The van der Waals surface area contributed by atoms with Gasteiger partial charge in [-0.05, 0) is 25.7 Å². The normalized spacial score (nSPS) is 24.8. The lowest BCUT2D eigenvalue weighted by molar-refractivity contribution is -0.148. The van der Waals surface area contributed by atoms with E-state index in [4.69, 9.17) is 4.74 Å². The Labute approximate surface area is 132 Å². The fourth-order valence-corrected chi connectivity index (χ4v) is 3.57. The van der Waals surface area contributed by atoms with Crippen molar-refractivity contribution in [3.8, 4) is 0 Å². The molecule has 6 heteroatoms. The van der Waals surface area contributed by atoms with Crippen molar-refractivity contribution in [3.63, 3.8) is 0 Å². The zero-order valence-electron chi connectivity index (χ0n) is 13.8. The summed E-state index contributed by atoms with van der Waals surface area (Å²) in [5.74, 6) is 0.106. The summed E-state index contributed by atoms with van der Waals surface area (Å²) in [6, 6.07) is 0. The molecule has 122 valence electrons. The number of carbonyl (C=O) groups is 1. The first-order valence-corrected chi connectivity index (χ1v) is 8.06. The molecule has 3 rings (SSSR count). The van der Waals surface area contributed by atoms with Crippen molar-refractivity contribution < 1.29 is 9.53 Å². The van der Waals surface area contributed by atoms with Gasteiger partial charge in [-0.25, -0.2) is 0 Å². The van der Waals surface area contributed by atoms with Crippen molar-refractivity contribution in [3.05, 3.63) is 18.0 Å². The minimum Gasteiger partial charge on any atom is -0.362 e. The first kappa shape index (κ1) is 15.5. The summed E-state index contributed by atoms with van der Waals surface area (Å²) in [7, 11) is 5.54. The number of piperidine rings is 1. The molecule has 22 heavy (non-hydrogen) atoms. The van der Waals surface area contributed by atoms with Crippen LogP contribution < -0.4 is 0 Å². The number of amides is 1. The van der Waals surface area contributed by atoms with Crippen LogP contribution in [0.5, 0.6) is 0 Å². The Morgan fingerprint density at radius 3 is 2.73 bits per heavy atom. The SMILES string of the molecule is CN(C)C(=O)C1CCC2(CCN(Cc3cnn(C)c3)CC2)O1. The molecule has 0 radical (unpaired) electrons. The van der Waals surface area contributed by atoms with Gasteiger partial charge in [0, 0.05) is 52.5 Å². The van der Waals surface area contributed by atoms with Crippen molar-refractivity contribution in [1.82, 2.24) is 19.6 Å². The van der Waals surface area contributed by atoms with Crippen LogP contribution in [0.3, 0.4) is 0 Å². The van der Waals surface area contributed by atoms with Gasteiger partial charge in [-0.2, -0.15) is 5.10 Å². The largest absolute Gasteiger partial charge is 0.362 e. The van der Waals surface area contributed by atoms with Gasteiger partial charge in [-0.15, -0.1) is 0 Å². The van der Waals surface area contributed by atoms with Crippen LogP contribution in [0.2, 0.25) is 0 Å². The quantitative estimate of drug-likeness (QED) is 0.837. The lowest BCUT2D eigenvalue weighted by atomic mass is 9.88. The lowest BCUT2D eigenvalue weighted by Gasteiger charge is -2.39. The number of rotatable bonds is 3. The third kappa shape index (κ3) is 3.17. The highest BCUT2D eigenvalue weighted by atomic mass is 16.5. The van der Waals surface area contributed by atoms with Gasteiger partial charge in [0.1, 0.15) is 6.10 Å². The van der Waals surface area contributed by atoms with Gasteiger partial charge in [0.05, 0.1) is 11.8 Å². The molecule has 0 aliphatic carbocycles.